The number of rotatable bonds is 5. The number of carboxylic acids is 1. The molecular formula is C20H23F3N6O4. The number of primary amides is 1. The predicted octanol–water partition coefficient (Wildman–Crippen LogP) is 2.66. The molecule has 178 valence electrons. The molecule has 4 rings (SSSR count). The minimum atomic E-state index is -5.08. The Balaban J connectivity index is 0.000000383. The molecule has 0 bridgehead atoms. The molecule has 1 fully saturated rings. The number of hydrogen-bond acceptors (Lipinski definition) is 6. The summed E-state index contributed by atoms with van der Waals surface area (Å²) in [5.74, 6) is -2.76. The summed E-state index contributed by atoms with van der Waals surface area (Å²) in [6, 6.07) is 8.15. The van der Waals surface area contributed by atoms with Crippen molar-refractivity contribution in [2.75, 3.05) is 13.1 Å². The smallest absolute Gasteiger partial charge is 0.475 e. The van der Waals surface area contributed by atoms with Crippen LogP contribution in [0.3, 0.4) is 0 Å². The van der Waals surface area contributed by atoms with Gasteiger partial charge in [0.15, 0.2) is 0 Å². The molecule has 2 aromatic heterocycles. The summed E-state index contributed by atoms with van der Waals surface area (Å²) in [6.45, 7) is 3.29. The maximum atomic E-state index is 10.8. The van der Waals surface area contributed by atoms with E-state index in [1.54, 1.807) is 6.26 Å². The zero-order valence-corrected chi connectivity index (χ0v) is 17.5. The molecule has 0 unspecified atom stereocenters. The van der Waals surface area contributed by atoms with E-state index < -0.39 is 18.2 Å². The van der Waals surface area contributed by atoms with Crippen LogP contribution >= 0.6 is 0 Å². The number of likely N-dealkylation sites (tertiary alicyclic amines) is 1. The van der Waals surface area contributed by atoms with Crippen LogP contribution in [-0.4, -0.2) is 56.3 Å². The molecule has 1 aliphatic rings. The molecule has 0 radical (unpaired) electrons. The molecule has 1 aromatic carbocycles. The lowest BCUT2D eigenvalue weighted by atomic mass is 10.0. The molecule has 10 nitrogen and oxygen atoms in total. The van der Waals surface area contributed by atoms with E-state index in [0.29, 0.717) is 12.6 Å². The highest BCUT2D eigenvalue weighted by Gasteiger charge is 2.38. The second-order valence-corrected chi connectivity index (χ2v) is 7.51. The van der Waals surface area contributed by atoms with Gasteiger partial charge < -0.3 is 20.6 Å². The van der Waals surface area contributed by atoms with Gasteiger partial charge in [0.2, 0.25) is 0 Å². The Kier molecular flexibility index (Phi) is 7.53. The second-order valence-electron chi connectivity index (χ2n) is 7.51. The summed E-state index contributed by atoms with van der Waals surface area (Å²) in [5.41, 5.74) is 8.03. The van der Waals surface area contributed by atoms with Gasteiger partial charge >= 0.3 is 18.2 Å². The fraction of sp³-hybridized carbons (Fsp3) is 0.400. The number of piperidine rings is 1. The van der Waals surface area contributed by atoms with E-state index in [-0.39, 0.29) is 0 Å². The summed E-state index contributed by atoms with van der Waals surface area (Å²) >= 11 is 0. The van der Waals surface area contributed by atoms with Crippen molar-refractivity contribution in [1.82, 2.24) is 25.2 Å². The zero-order chi connectivity index (χ0) is 24.0. The van der Waals surface area contributed by atoms with E-state index in [2.05, 4.69) is 32.7 Å². The number of carbonyl (C=O) groups is 2. The Bertz CT molecular complexity index is 1090. The number of aliphatic carboxylic acids is 1. The number of carbonyl (C=O) groups excluding carboxylic acids is 1. The van der Waals surface area contributed by atoms with E-state index >= 15 is 0 Å². The average Bonchev–Trinajstić information content (AvgIpc) is 3.42. The van der Waals surface area contributed by atoms with Crippen LogP contribution in [0, 0.1) is 0 Å². The van der Waals surface area contributed by atoms with Crippen molar-refractivity contribution in [2.24, 2.45) is 5.73 Å². The molecule has 0 saturated carbocycles. The van der Waals surface area contributed by atoms with Crippen LogP contribution in [0.15, 0.2) is 41.1 Å². The third-order valence-electron chi connectivity index (χ3n) is 5.10. The first-order valence-corrected chi connectivity index (χ1v) is 10.0. The Hall–Kier alpha value is -3.61. The minimum absolute atomic E-state index is 0.310. The maximum Gasteiger partial charge on any atom is 0.490 e. The van der Waals surface area contributed by atoms with Crippen LogP contribution in [0.1, 0.15) is 30.1 Å². The lowest BCUT2D eigenvalue weighted by Gasteiger charge is -2.31. The van der Waals surface area contributed by atoms with E-state index in [1.807, 2.05) is 23.0 Å². The van der Waals surface area contributed by atoms with Gasteiger partial charge in [-0.3, -0.25) is 4.90 Å². The van der Waals surface area contributed by atoms with Crippen LogP contribution in [0.5, 0.6) is 0 Å². The van der Waals surface area contributed by atoms with Gasteiger partial charge in [-0.2, -0.15) is 13.2 Å². The lowest BCUT2D eigenvalue weighted by molar-refractivity contribution is -0.192. The van der Waals surface area contributed by atoms with Crippen LogP contribution in [0.2, 0.25) is 0 Å². The van der Waals surface area contributed by atoms with E-state index in [0.717, 1.165) is 49.1 Å². The topological polar surface area (TPSA) is 140 Å². The number of nitrogens with two attached hydrogens (primary N) is 1. The van der Waals surface area contributed by atoms with E-state index in [9.17, 15) is 18.0 Å². The number of carboxylic acid groups (broad SMARTS) is 1. The van der Waals surface area contributed by atoms with Gasteiger partial charge in [0, 0.05) is 25.0 Å². The van der Waals surface area contributed by atoms with Crippen molar-refractivity contribution in [1.29, 1.82) is 0 Å². The fourth-order valence-corrected chi connectivity index (χ4v) is 3.47. The summed E-state index contributed by atoms with van der Waals surface area (Å²) in [7, 11) is 0. The number of alkyl halides is 3. The number of aromatic nitrogens is 3. The number of furan rings is 1. The Labute approximate surface area is 186 Å². The van der Waals surface area contributed by atoms with E-state index in [4.69, 9.17) is 20.1 Å². The second kappa shape index (κ2) is 10.3. The van der Waals surface area contributed by atoms with Gasteiger partial charge in [-0.1, -0.05) is 11.3 Å². The molecule has 1 saturated heterocycles. The predicted molar refractivity (Wildman–Crippen MR) is 110 cm³/mol. The quantitative estimate of drug-likeness (QED) is 0.523. The maximum absolute atomic E-state index is 10.8. The Morgan fingerprint density at radius 3 is 2.58 bits per heavy atom. The Morgan fingerprint density at radius 2 is 1.94 bits per heavy atom. The first-order chi connectivity index (χ1) is 15.6. The summed E-state index contributed by atoms with van der Waals surface area (Å²) in [4.78, 5) is 22.1. The molecule has 4 N–H and O–H groups in total. The van der Waals surface area contributed by atoms with Gasteiger partial charge in [0.05, 0.1) is 25.0 Å². The van der Waals surface area contributed by atoms with Crippen molar-refractivity contribution in [3.8, 4) is 0 Å². The van der Waals surface area contributed by atoms with Crippen LogP contribution < -0.4 is 11.1 Å². The summed E-state index contributed by atoms with van der Waals surface area (Å²) < 4.78 is 39.0. The molecule has 3 heterocycles. The number of nitrogens with one attached hydrogen (secondary N) is 1. The van der Waals surface area contributed by atoms with Crippen molar-refractivity contribution < 1.29 is 32.3 Å². The average molecular weight is 468 g/mol. The molecular weight excluding hydrogens is 445 g/mol. The molecule has 0 aliphatic carbocycles. The van der Waals surface area contributed by atoms with Crippen LogP contribution in [-0.2, 0) is 17.9 Å². The third kappa shape index (κ3) is 6.94. The summed E-state index contributed by atoms with van der Waals surface area (Å²) in [5, 5.41) is 19.1. The van der Waals surface area contributed by atoms with Gasteiger partial charge in [0.1, 0.15) is 11.3 Å². The van der Waals surface area contributed by atoms with Gasteiger partial charge in [-0.15, -0.1) is 5.10 Å². The molecule has 13 heteroatoms. The minimum Gasteiger partial charge on any atom is -0.475 e. The van der Waals surface area contributed by atoms with Crippen LogP contribution in [0.4, 0.5) is 18.0 Å². The highest BCUT2D eigenvalue weighted by Crippen LogP contribution is 2.24. The third-order valence-corrected chi connectivity index (χ3v) is 5.10. The lowest BCUT2D eigenvalue weighted by Crippen LogP contribution is -2.34. The zero-order valence-electron chi connectivity index (χ0n) is 17.5. The highest BCUT2D eigenvalue weighted by molar-refractivity contribution is 5.77. The number of halogens is 3. The first-order valence-electron chi connectivity index (χ1n) is 10.0. The van der Waals surface area contributed by atoms with Gasteiger partial charge in [-0.05, 0) is 36.6 Å². The Morgan fingerprint density at radius 1 is 1.24 bits per heavy atom. The molecule has 2 amide bonds. The van der Waals surface area contributed by atoms with E-state index in [1.165, 1.54) is 5.56 Å². The molecule has 1 aliphatic heterocycles. The summed E-state index contributed by atoms with van der Waals surface area (Å²) in [6.07, 6.45) is 0.592. The SMILES string of the molecule is NC(=O)NCc1cn(C2CCN(Cc3ccc4occc4c3)CC2)nn1.O=C(O)C(F)(F)F. The van der Waals surface area contributed by atoms with Crippen LogP contribution in [0.25, 0.3) is 11.0 Å². The molecule has 3 aromatic rings. The number of hydrogen-bond donors (Lipinski definition) is 3. The number of amides is 2. The van der Waals surface area contributed by atoms with Crippen molar-refractivity contribution in [3.63, 3.8) is 0 Å². The van der Waals surface area contributed by atoms with Gasteiger partial charge in [0.25, 0.3) is 0 Å². The number of nitrogens with zero attached hydrogens (tertiary/aromatic N) is 4. The normalized spacial score (nSPS) is 15.1. The monoisotopic (exact) mass is 468 g/mol. The molecule has 33 heavy (non-hydrogen) atoms. The van der Waals surface area contributed by atoms with Crippen molar-refractivity contribution >= 4 is 23.0 Å². The van der Waals surface area contributed by atoms with Crippen molar-refractivity contribution in [3.05, 3.63) is 48.0 Å². The molecule has 0 atom stereocenters. The fourth-order valence-electron chi connectivity index (χ4n) is 3.47. The van der Waals surface area contributed by atoms with Gasteiger partial charge in [-0.25, -0.2) is 14.3 Å². The number of urea groups is 1. The number of fused-ring (bicyclic) bond motifs is 1. The largest absolute Gasteiger partial charge is 0.490 e. The number of benzene rings is 1. The standard InChI is InChI=1S/C18H22N6O2.C2HF3O2/c19-18(25)20-10-15-12-24(22-21-15)16-3-6-23(7-4-16)11-13-1-2-17-14(9-13)5-8-26-17;3-2(4,5)1(6)7/h1-2,5,8-9,12,16H,3-4,6-7,10-11H2,(H3,19,20,25);(H,6,7). The first kappa shape index (κ1) is 24.0. The highest BCUT2D eigenvalue weighted by atomic mass is 19.4. The van der Waals surface area contributed by atoms with Crippen molar-refractivity contribution in [2.45, 2.75) is 38.1 Å². The molecule has 0 spiro atoms.